The van der Waals surface area contributed by atoms with Crippen LogP contribution < -0.4 is 15.0 Å². The van der Waals surface area contributed by atoms with E-state index in [9.17, 15) is 4.79 Å². The molecular formula is C24H26N4O2S. The molecule has 0 spiro atoms. The molecule has 31 heavy (non-hydrogen) atoms. The maximum absolute atomic E-state index is 13.0. The summed E-state index contributed by atoms with van der Waals surface area (Å²) in [7, 11) is 1.61. The zero-order chi connectivity index (χ0) is 21.6. The number of hydrogen-bond donors (Lipinski definition) is 1. The number of rotatable bonds is 6. The van der Waals surface area contributed by atoms with Crippen LogP contribution in [0.4, 0.5) is 11.5 Å². The first-order chi connectivity index (χ1) is 15.1. The maximum Gasteiger partial charge on any atom is 0.229 e. The van der Waals surface area contributed by atoms with Crippen molar-refractivity contribution in [2.45, 2.75) is 29.7 Å². The molecule has 0 aliphatic carbocycles. The number of aromatic nitrogens is 2. The van der Waals surface area contributed by atoms with Gasteiger partial charge in [-0.1, -0.05) is 41.6 Å². The predicted octanol–water partition coefficient (Wildman–Crippen LogP) is 4.80. The van der Waals surface area contributed by atoms with E-state index in [1.165, 1.54) is 5.56 Å². The Morgan fingerprint density at radius 3 is 2.71 bits per heavy atom. The SMILES string of the molecule is COc1ccccc1NC(=O)[C@@H]1CCCN(c2nccnc2Sc2ccc(C)cc2)C1. The Hall–Kier alpha value is -3.06. The van der Waals surface area contributed by atoms with E-state index in [1.807, 2.05) is 24.3 Å². The van der Waals surface area contributed by atoms with Gasteiger partial charge < -0.3 is 15.0 Å². The van der Waals surface area contributed by atoms with Gasteiger partial charge in [0, 0.05) is 30.4 Å². The fraction of sp³-hybridized carbons (Fsp3) is 0.292. The van der Waals surface area contributed by atoms with Gasteiger partial charge in [-0.15, -0.1) is 0 Å². The van der Waals surface area contributed by atoms with Crippen molar-refractivity contribution in [2.75, 3.05) is 30.4 Å². The predicted molar refractivity (Wildman–Crippen MR) is 124 cm³/mol. The molecule has 2 aromatic carbocycles. The van der Waals surface area contributed by atoms with E-state index >= 15 is 0 Å². The highest BCUT2D eigenvalue weighted by atomic mass is 32.2. The first-order valence-corrected chi connectivity index (χ1v) is 11.2. The molecule has 0 saturated carbocycles. The number of benzene rings is 2. The number of ether oxygens (including phenoxy) is 1. The van der Waals surface area contributed by atoms with E-state index in [0.29, 0.717) is 18.0 Å². The van der Waals surface area contributed by atoms with Gasteiger partial charge in [0.15, 0.2) is 5.82 Å². The van der Waals surface area contributed by atoms with Crippen LogP contribution in [0, 0.1) is 12.8 Å². The third-order valence-corrected chi connectivity index (χ3v) is 6.33. The first-order valence-electron chi connectivity index (χ1n) is 10.4. The van der Waals surface area contributed by atoms with Crippen molar-refractivity contribution < 1.29 is 9.53 Å². The second-order valence-electron chi connectivity index (χ2n) is 7.57. The van der Waals surface area contributed by atoms with Crippen molar-refractivity contribution in [3.8, 4) is 5.75 Å². The lowest BCUT2D eigenvalue weighted by Gasteiger charge is -2.33. The molecule has 7 heteroatoms. The fourth-order valence-corrected chi connectivity index (χ4v) is 4.57. The molecule has 0 bridgehead atoms. The lowest BCUT2D eigenvalue weighted by Crippen LogP contribution is -2.41. The molecule has 0 unspecified atom stereocenters. The third kappa shape index (κ3) is 5.17. The number of carbonyl (C=O) groups excluding carboxylic acids is 1. The third-order valence-electron chi connectivity index (χ3n) is 5.34. The number of piperidine rings is 1. The molecular weight excluding hydrogens is 408 g/mol. The Bertz CT molecular complexity index is 1040. The second-order valence-corrected chi connectivity index (χ2v) is 8.64. The average molecular weight is 435 g/mol. The number of aryl methyl sites for hydroxylation is 1. The molecule has 1 aliphatic heterocycles. The number of amides is 1. The highest BCUT2D eigenvalue weighted by molar-refractivity contribution is 7.99. The van der Waals surface area contributed by atoms with Crippen LogP contribution >= 0.6 is 11.8 Å². The van der Waals surface area contributed by atoms with Crippen molar-refractivity contribution in [1.29, 1.82) is 0 Å². The number of nitrogens with one attached hydrogen (secondary N) is 1. The minimum Gasteiger partial charge on any atom is -0.495 e. The molecule has 3 aromatic rings. The summed E-state index contributed by atoms with van der Waals surface area (Å²) in [5, 5.41) is 3.89. The molecule has 2 heterocycles. The van der Waals surface area contributed by atoms with Crippen molar-refractivity contribution >= 4 is 29.2 Å². The molecule has 1 N–H and O–H groups in total. The molecule has 160 valence electrons. The normalized spacial score (nSPS) is 16.1. The van der Waals surface area contributed by atoms with Gasteiger partial charge in [0.2, 0.25) is 5.91 Å². The van der Waals surface area contributed by atoms with Crippen LogP contribution in [0.2, 0.25) is 0 Å². The molecule has 1 amide bonds. The zero-order valence-electron chi connectivity index (χ0n) is 17.7. The number of nitrogens with zero attached hydrogens (tertiary/aromatic N) is 3. The van der Waals surface area contributed by atoms with Crippen LogP contribution in [0.1, 0.15) is 18.4 Å². The summed E-state index contributed by atoms with van der Waals surface area (Å²) in [4.78, 5) is 25.5. The number of methoxy groups -OCH3 is 1. The summed E-state index contributed by atoms with van der Waals surface area (Å²) >= 11 is 1.60. The topological polar surface area (TPSA) is 67.3 Å². The van der Waals surface area contributed by atoms with Crippen LogP contribution in [-0.4, -0.2) is 36.1 Å². The van der Waals surface area contributed by atoms with Crippen LogP contribution in [0.15, 0.2) is 70.8 Å². The molecule has 1 aliphatic rings. The molecule has 6 nitrogen and oxygen atoms in total. The van der Waals surface area contributed by atoms with Gasteiger partial charge in [-0.2, -0.15) is 0 Å². The average Bonchev–Trinajstić information content (AvgIpc) is 2.81. The summed E-state index contributed by atoms with van der Waals surface area (Å²) < 4.78 is 5.36. The molecule has 1 saturated heterocycles. The van der Waals surface area contributed by atoms with Crippen LogP contribution in [0.5, 0.6) is 5.75 Å². The Kier molecular flexibility index (Phi) is 6.72. The number of para-hydroxylation sites is 2. The van der Waals surface area contributed by atoms with Gasteiger partial charge in [0.05, 0.1) is 18.7 Å². The van der Waals surface area contributed by atoms with E-state index in [1.54, 1.807) is 31.3 Å². The van der Waals surface area contributed by atoms with E-state index < -0.39 is 0 Å². The van der Waals surface area contributed by atoms with Gasteiger partial charge in [-0.05, 0) is 44.0 Å². The van der Waals surface area contributed by atoms with Crippen molar-refractivity contribution in [2.24, 2.45) is 5.92 Å². The smallest absolute Gasteiger partial charge is 0.229 e. The van der Waals surface area contributed by atoms with E-state index in [2.05, 4.69) is 51.4 Å². The van der Waals surface area contributed by atoms with E-state index in [4.69, 9.17) is 4.74 Å². The van der Waals surface area contributed by atoms with Crippen LogP contribution in [-0.2, 0) is 4.79 Å². The van der Waals surface area contributed by atoms with Gasteiger partial charge in [0.25, 0.3) is 0 Å². The van der Waals surface area contributed by atoms with E-state index in [-0.39, 0.29) is 11.8 Å². The molecule has 0 radical (unpaired) electrons. The highest BCUT2D eigenvalue weighted by Gasteiger charge is 2.28. The monoisotopic (exact) mass is 434 g/mol. The number of carbonyl (C=O) groups is 1. The highest BCUT2D eigenvalue weighted by Crippen LogP contribution is 2.34. The minimum atomic E-state index is -0.127. The summed E-state index contributed by atoms with van der Waals surface area (Å²) in [6, 6.07) is 15.9. The summed E-state index contributed by atoms with van der Waals surface area (Å²) in [6.07, 6.45) is 5.20. The Labute approximate surface area is 187 Å². The molecule has 1 fully saturated rings. The summed E-state index contributed by atoms with van der Waals surface area (Å²) in [5.41, 5.74) is 1.92. The minimum absolute atomic E-state index is 0.00540. The standard InChI is InChI=1S/C24H26N4O2S/c1-17-9-11-19(12-10-17)31-24-22(25-13-14-26-24)28-15-5-6-18(16-28)23(29)27-20-7-3-4-8-21(20)30-2/h3-4,7-14,18H,5-6,15-16H2,1-2H3,(H,27,29)/t18-/m1/s1. The summed E-state index contributed by atoms with van der Waals surface area (Å²) in [5.74, 6) is 1.38. The Morgan fingerprint density at radius 1 is 1.13 bits per heavy atom. The van der Waals surface area contributed by atoms with Gasteiger partial charge in [-0.25, -0.2) is 9.97 Å². The Balaban J connectivity index is 1.48. The number of anilines is 2. The van der Waals surface area contributed by atoms with Crippen molar-refractivity contribution in [3.63, 3.8) is 0 Å². The second kappa shape index (κ2) is 9.83. The lowest BCUT2D eigenvalue weighted by atomic mass is 9.97. The molecule has 1 atom stereocenters. The zero-order valence-corrected chi connectivity index (χ0v) is 18.6. The summed E-state index contributed by atoms with van der Waals surface area (Å²) in [6.45, 7) is 3.55. The Morgan fingerprint density at radius 2 is 1.90 bits per heavy atom. The molecule has 4 rings (SSSR count). The van der Waals surface area contributed by atoms with E-state index in [0.717, 1.165) is 35.1 Å². The van der Waals surface area contributed by atoms with Crippen molar-refractivity contribution in [3.05, 3.63) is 66.5 Å². The fourth-order valence-electron chi connectivity index (χ4n) is 3.69. The van der Waals surface area contributed by atoms with Gasteiger partial charge in [-0.3, -0.25) is 4.79 Å². The number of hydrogen-bond acceptors (Lipinski definition) is 6. The van der Waals surface area contributed by atoms with Crippen LogP contribution in [0.25, 0.3) is 0 Å². The van der Waals surface area contributed by atoms with Gasteiger partial charge >= 0.3 is 0 Å². The van der Waals surface area contributed by atoms with Gasteiger partial charge in [0.1, 0.15) is 10.8 Å². The van der Waals surface area contributed by atoms with Crippen molar-refractivity contribution in [1.82, 2.24) is 9.97 Å². The largest absolute Gasteiger partial charge is 0.495 e. The molecule has 1 aromatic heterocycles. The van der Waals surface area contributed by atoms with Crippen LogP contribution in [0.3, 0.4) is 0 Å². The maximum atomic E-state index is 13.0. The quantitative estimate of drug-likeness (QED) is 0.601. The lowest BCUT2D eigenvalue weighted by molar-refractivity contribution is -0.120. The first kappa shape index (κ1) is 21.2.